The van der Waals surface area contributed by atoms with Gasteiger partial charge in [0.25, 0.3) is 0 Å². The Hall–Kier alpha value is -3.66. The first kappa shape index (κ1) is 16.5. The zero-order valence-corrected chi connectivity index (χ0v) is 15.4. The number of ether oxygens (including phenoxy) is 2. The number of carbonyl (C=O) groups is 2. The molecular formula is C24H16O4. The molecule has 0 unspecified atom stereocenters. The van der Waals surface area contributed by atoms with Gasteiger partial charge in [0.05, 0.1) is 11.1 Å². The first-order chi connectivity index (χ1) is 13.5. The second kappa shape index (κ2) is 5.92. The van der Waals surface area contributed by atoms with Gasteiger partial charge >= 0.3 is 11.9 Å². The zero-order valence-electron chi connectivity index (χ0n) is 15.4. The topological polar surface area (TPSA) is 52.6 Å². The van der Waals surface area contributed by atoms with Gasteiger partial charge in [-0.3, -0.25) is 0 Å². The molecule has 0 saturated carbocycles. The number of hydrogen-bond acceptors (Lipinski definition) is 4. The Labute approximate surface area is 161 Å². The van der Waals surface area contributed by atoms with Crippen molar-refractivity contribution in [3.05, 3.63) is 93.4 Å². The Morgan fingerprint density at radius 1 is 0.607 bits per heavy atom. The summed E-state index contributed by atoms with van der Waals surface area (Å²) < 4.78 is 11.1. The SMILES string of the molecule is Cc1cccc(C2=c3cc4c(cc3OC2=O)=C(c2cccc(C)c2)C(=O)O4)c1. The number of hydrogen-bond donors (Lipinski definition) is 0. The average Bonchev–Trinajstić information content (AvgIpc) is 3.13. The summed E-state index contributed by atoms with van der Waals surface area (Å²) >= 11 is 0. The Bertz CT molecular complexity index is 1210. The number of aryl methyl sites for hydroxylation is 2. The molecule has 136 valence electrons. The zero-order chi connectivity index (χ0) is 19.4. The Kier molecular flexibility index (Phi) is 3.49. The van der Waals surface area contributed by atoms with Gasteiger partial charge in [-0.15, -0.1) is 0 Å². The van der Waals surface area contributed by atoms with Crippen LogP contribution in [-0.2, 0) is 9.59 Å². The molecule has 5 rings (SSSR count). The van der Waals surface area contributed by atoms with E-state index in [0.29, 0.717) is 33.1 Å². The normalized spacial score (nSPS) is 14.6. The van der Waals surface area contributed by atoms with Crippen molar-refractivity contribution in [2.24, 2.45) is 0 Å². The van der Waals surface area contributed by atoms with E-state index >= 15 is 0 Å². The third kappa shape index (κ3) is 2.46. The highest BCUT2D eigenvalue weighted by molar-refractivity contribution is 6.21. The predicted octanol–water partition coefficient (Wildman–Crippen LogP) is 2.54. The summed E-state index contributed by atoms with van der Waals surface area (Å²) in [5.41, 5.74) is 4.65. The van der Waals surface area contributed by atoms with Crippen LogP contribution in [0.5, 0.6) is 11.5 Å². The van der Waals surface area contributed by atoms with Crippen LogP contribution in [-0.4, -0.2) is 11.9 Å². The molecule has 0 atom stereocenters. The van der Waals surface area contributed by atoms with Crippen molar-refractivity contribution in [3.8, 4) is 11.5 Å². The van der Waals surface area contributed by atoms with Gasteiger partial charge in [0.1, 0.15) is 11.5 Å². The largest absolute Gasteiger partial charge is 0.422 e. The molecule has 0 aromatic heterocycles. The molecule has 0 aliphatic carbocycles. The average molecular weight is 368 g/mol. The standard InChI is InChI=1S/C24H16O4/c1-13-5-3-7-15(9-13)21-17-11-20-18(12-19(17)27-23(21)25)22(24(26)28-20)16-8-4-6-14(2)10-16/h3-12H,1-2H3. The van der Waals surface area contributed by atoms with E-state index in [1.807, 2.05) is 62.4 Å². The third-order valence-corrected chi connectivity index (χ3v) is 5.05. The molecule has 2 aliphatic heterocycles. The molecule has 0 fully saturated rings. The summed E-state index contributed by atoms with van der Waals surface area (Å²) in [6.45, 7) is 3.94. The minimum Gasteiger partial charge on any atom is -0.422 e. The number of benzene rings is 3. The molecule has 4 nitrogen and oxygen atoms in total. The van der Waals surface area contributed by atoms with E-state index in [0.717, 1.165) is 22.3 Å². The second-order valence-electron chi connectivity index (χ2n) is 7.11. The number of rotatable bonds is 2. The minimum absolute atomic E-state index is 0.396. The first-order valence-electron chi connectivity index (χ1n) is 9.02. The van der Waals surface area contributed by atoms with Gasteiger partial charge in [-0.2, -0.15) is 0 Å². The Morgan fingerprint density at radius 2 is 1.04 bits per heavy atom. The van der Waals surface area contributed by atoms with E-state index in [-0.39, 0.29) is 0 Å². The summed E-state index contributed by atoms with van der Waals surface area (Å²) in [5, 5.41) is 1.29. The smallest absolute Gasteiger partial charge is 0.344 e. The summed E-state index contributed by atoms with van der Waals surface area (Å²) in [4.78, 5) is 25.1. The van der Waals surface area contributed by atoms with Crippen molar-refractivity contribution in [3.63, 3.8) is 0 Å². The highest BCUT2D eigenvalue weighted by Crippen LogP contribution is 2.27. The van der Waals surface area contributed by atoms with Gasteiger partial charge < -0.3 is 9.47 Å². The van der Waals surface area contributed by atoms with Crippen molar-refractivity contribution >= 4 is 23.1 Å². The third-order valence-electron chi connectivity index (χ3n) is 5.05. The second-order valence-corrected chi connectivity index (χ2v) is 7.11. The summed E-state index contributed by atoms with van der Waals surface area (Å²) in [6, 6.07) is 18.8. The molecule has 3 aromatic rings. The van der Waals surface area contributed by atoms with E-state index in [1.165, 1.54) is 0 Å². The maximum absolute atomic E-state index is 12.6. The van der Waals surface area contributed by atoms with Crippen molar-refractivity contribution in [1.29, 1.82) is 0 Å². The maximum Gasteiger partial charge on any atom is 0.344 e. The number of esters is 2. The van der Waals surface area contributed by atoms with Crippen LogP contribution >= 0.6 is 0 Å². The van der Waals surface area contributed by atoms with Crippen LogP contribution in [0.15, 0.2) is 60.7 Å². The number of fused-ring (bicyclic) bond motifs is 2. The number of carbonyl (C=O) groups excluding carboxylic acids is 2. The van der Waals surface area contributed by atoms with Gasteiger partial charge in [0.2, 0.25) is 0 Å². The van der Waals surface area contributed by atoms with E-state index < -0.39 is 11.9 Å². The Balaban J connectivity index is 1.79. The molecule has 0 amide bonds. The molecule has 0 radical (unpaired) electrons. The monoisotopic (exact) mass is 368 g/mol. The molecule has 28 heavy (non-hydrogen) atoms. The molecule has 0 bridgehead atoms. The van der Waals surface area contributed by atoms with Crippen LogP contribution in [0.4, 0.5) is 0 Å². The van der Waals surface area contributed by atoms with E-state index in [2.05, 4.69) is 0 Å². The van der Waals surface area contributed by atoms with E-state index in [1.54, 1.807) is 12.1 Å². The molecule has 2 heterocycles. The summed E-state index contributed by atoms with van der Waals surface area (Å²) in [7, 11) is 0. The fraction of sp³-hybridized carbons (Fsp3) is 0.0833. The first-order valence-corrected chi connectivity index (χ1v) is 9.02. The quantitative estimate of drug-likeness (QED) is 0.515. The highest BCUT2D eigenvalue weighted by Gasteiger charge is 2.30. The molecule has 3 aromatic carbocycles. The van der Waals surface area contributed by atoms with Crippen LogP contribution in [0.2, 0.25) is 0 Å². The van der Waals surface area contributed by atoms with Gasteiger partial charge in [-0.05, 0) is 37.1 Å². The maximum atomic E-state index is 12.6. The Morgan fingerprint density at radius 3 is 1.43 bits per heavy atom. The van der Waals surface area contributed by atoms with Crippen LogP contribution in [0.1, 0.15) is 22.3 Å². The van der Waals surface area contributed by atoms with Crippen molar-refractivity contribution in [2.45, 2.75) is 13.8 Å². The molecule has 0 N–H and O–H groups in total. The van der Waals surface area contributed by atoms with Crippen LogP contribution in [0.25, 0.3) is 11.1 Å². The molecule has 2 aliphatic rings. The fourth-order valence-electron chi connectivity index (χ4n) is 3.79. The lowest BCUT2D eigenvalue weighted by Gasteiger charge is -2.01. The van der Waals surface area contributed by atoms with Gasteiger partial charge in [-0.1, -0.05) is 59.7 Å². The van der Waals surface area contributed by atoms with Gasteiger partial charge in [-0.25, -0.2) is 9.59 Å². The fourth-order valence-corrected chi connectivity index (χ4v) is 3.79. The minimum atomic E-state index is -0.396. The van der Waals surface area contributed by atoms with Gasteiger partial charge in [0, 0.05) is 10.4 Å². The molecule has 0 saturated heterocycles. The highest BCUT2D eigenvalue weighted by atomic mass is 16.5. The lowest BCUT2D eigenvalue weighted by atomic mass is 10.00. The van der Waals surface area contributed by atoms with Gasteiger partial charge in [0.15, 0.2) is 0 Å². The van der Waals surface area contributed by atoms with Crippen LogP contribution in [0.3, 0.4) is 0 Å². The van der Waals surface area contributed by atoms with E-state index in [9.17, 15) is 9.59 Å². The molecule has 0 spiro atoms. The van der Waals surface area contributed by atoms with Crippen molar-refractivity contribution in [2.75, 3.05) is 0 Å². The summed E-state index contributed by atoms with van der Waals surface area (Å²) in [5.74, 6) is 0.104. The lowest BCUT2D eigenvalue weighted by Crippen LogP contribution is -2.11. The van der Waals surface area contributed by atoms with Crippen LogP contribution in [0, 0.1) is 13.8 Å². The molecule has 4 heteroatoms. The van der Waals surface area contributed by atoms with Crippen molar-refractivity contribution in [1.82, 2.24) is 0 Å². The summed E-state index contributed by atoms with van der Waals surface area (Å²) in [6.07, 6.45) is 0. The lowest BCUT2D eigenvalue weighted by molar-refractivity contribution is -0.128. The van der Waals surface area contributed by atoms with Crippen molar-refractivity contribution < 1.29 is 19.1 Å². The van der Waals surface area contributed by atoms with Crippen LogP contribution < -0.4 is 19.9 Å². The van der Waals surface area contributed by atoms with E-state index in [4.69, 9.17) is 9.47 Å². The predicted molar refractivity (Wildman–Crippen MR) is 104 cm³/mol. The molecular weight excluding hydrogens is 352 g/mol.